The number of anilines is 2. The number of carbonyl (C=O) groups excluding carboxylic acids is 1. The maximum absolute atomic E-state index is 13.8. The van der Waals surface area contributed by atoms with Crippen LogP contribution in [0.4, 0.5) is 25.2 Å². The number of ether oxygens (including phenoxy) is 2. The van der Waals surface area contributed by atoms with Crippen LogP contribution in [0.5, 0.6) is 0 Å². The fraction of sp³-hybridized carbons (Fsp3) is 0.750. The molecule has 1 saturated carbocycles. The number of carbonyl (C=O) groups is 1. The number of hydrogen-bond acceptors (Lipinski definition) is 7. The molecule has 1 aliphatic heterocycles. The lowest BCUT2D eigenvalue weighted by Gasteiger charge is -2.37. The fourth-order valence-electron chi connectivity index (χ4n) is 3.59. The summed E-state index contributed by atoms with van der Waals surface area (Å²) in [5.74, 6) is -1.60. The topological polar surface area (TPSA) is 67.8 Å². The summed E-state index contributed by atoms with van der Waals surface area (Å²) in [5.41, 5.74) is -0.712. The van der Waals surface area contributed by atoms with Crippen LogP contribution in [0.15, 0.2) is 11.2 Å². The lowest BCUT2D eigenvalue weighted by atomic mass is 9.91. The summed E-state index contributed by atoms with van der Waals surface area (Å²) in [5, 5.41) is 0.517. The molecule has 168 valence electrons. The van der Waals surface area contributed by atoms with Crippen molar-refractivity contribution in [1.29, 1.82) is 0 Å². The SMILES string of the molecule is CSc1nc(N2CCOCC2)cc(N(C(=O)OC(C)(C)C)C2CCC(F)(F)CC2)n1. The van der Waals surface area contributed by atoms with Crippen molar-refractivity contribution in [2.45, 2.75) is 69.2 Å². The molecule has 1 aromatic heterocycles. The third-order valence-electron chi connectivity index (χ3n) is 5.09. The van der Waals surface area contributed by atoms with Gasteiger partial charge in [0.15, 0.2) is 5.16 Å². The molecule has 0 N–H and O–H groups in total. The zero-order chi connectivity index (χ0) is 21.9. The van der Waals surface area contributed by atoms with E-state index in [1.54, 1.807) is 26.8 Å². The Morgan fingerprint density at radius 3 is 2.47 bits per heavy atom. The number of alkyl halides is 2. The molecular weight excluding hydrogens is 414 g/mol. The number of hydrogen-bond donors (Lipinski definition) is 0. The van der Waals surface area contributed by atoms with E-state index in [0.717, 1.165) is 0 Å². The van der Waals surface area contributed by atoms with Gasteiger partial charge in [-0.2, -0.15) is 0 Å². The third-order valence-corrected chi connectivity index (χ3v) is 5.63. The summed E-state index contributed by atoms with van der Waals surface area (Å²) in [7, 11) is 0. The molecule has 0 radical (unpaired) electrons. The zero-order valence-electron chi connectivity index (χ0n) is 18.0. The number of amides is 1. The monoisotopic (exact) mass is 444 g/mol. The molecule has 0 bridgehead atoms. The highest BCUT2D eigenvalue weighted by atomic mass is 32.2. The standard InChI is InChI=1S/C20H30F2N4O3S/c1-19(2,3)29-18(27)26(14-5-7-20(21,22)8-6-14)16-13-15(23-17(24-16)30-4)25-9-11-28-12-10-25/h13-14H,5-12H2,1-4H3. The lowest BCUT2D eigenvalue weighted by molar-refractivity contribution is -0.0388. The lowest BCUT2D eigenvalue weighted by Crippen LogP contribution is -2.47. The van der Waals surface area contributed by atoms with E-state index in [4.69, 9.17) is 9.47 Å². The Labute approximate surface area is 180 Å². The molecule has 7 nitrogen and oxygen atoms in total. The van der Waals surface area contributed by atoms with E-state index in [1.807, 2.05) is 6.26 Å². The van der Waals surface area contributed by atoms with Gasteiger partial charge in [-0.05, 0) is 39.9 Å². The minimum absolute atomic E-state index is 0.192. The number of morpholine rings is 1. The van der Waals surface area contributed by atoms with Crippen molar-refractivity contribution in [3.63, 3.8) is 0 Å². The maximum atomic E-state index is 13.8. The van der Waals surface area contributed by atoms with E-state index >= 15 is 0 Å². The first-order valence-corrected chi connectivity index (χ1v) is 11.5. The van der Waals surface area contributed by atoms with Gasteiger partial charge in [0.2, 0.25) is 5.92 Å². The van der Waals surface area contributed by atoms with Gasteiger partial charge in [-0.25, -0.2) is 23.5 Å². The molecule has 2 aliphatic rings. The second-order valence-electron chi connectivity index (χ2n) is 8.61. The number of nitrogens with zero attached hydrogens (tertiary/aromatic N) is 4. The summed E-state index contributed by atoms with van der Waals surface area (Å²) in [4.78, 5) is 25.8. The Morgan fingerprint density at radius 2 is 1.90 bits per heavy atom. The molecule has 1 aliphatic carbocycles. The molecule has 1 aromatic rings. The smallest absolute Gasteiger partial charge is 0.416 e. The molecule has 1 saturated heterocycles. The molecule has 30 heavy (non-hydrogen) atoms. The minimum Gasteiger partial charge on any atom is -0.443 e. The Hall–Kier alpha value is -1.68. The quantitative estimate of drug-likeness (QED) is 0.505. The highest BCUT2D eigenvalue weighted by molar-refractivity contribution is 7.98. The minimum atomic E-state index is -2.69. The molecule has 2 heterocycles. The van der Waals surface area contributed by atoms with E-state index in [0.29, 0.717) is 43.1 Å². The Morgan fingerprint density at radius 1 is 1.27 bits per heavy atom. The molecule has 0 atom stereocenters. The Balaban J connectivity index is 1.96. The van der Waals surface area contributed by atoms with Gasteiger partial charge < -0.3 is 14.4 Å². The normalized spacial score (nSPS) is 20.1. The number of rotatable bonds is 4. The number of thioether (sulfide) groups is 1. The van der Waals surface area contributed by atoms with Crippen molar-refractivity contribution in [2.24, 2.45) is 0 Å². The van der Waals surface area contributed by atoms with Crippen LogP contribution in [0.3, 0.4) is 0 Å². The van der Waals surface area contributed by atoms with Crippen molar-refractivity contribution in [2.75, 3.05) is 42.4 Å². The molecule has 0 spiro atoms. The third kappa shape index (κ3) is 5.94. The zero-order valence-corrected chi connectivity index (χ0v) is 18.8. The summed E-state index contributed by atoms with van der Waals surface area (Å²) in [6, 6.07) is 1.35. The average Bonchev–Trinajstić information content (AvgIpc) is 2.68. The van der Waals surface area contributed by atoms with Gasteiger partial charge in [-0.15, -0.1) is 0 Å². The Bertz CT molecular complexity index is 744. The summed E-state index contributed by atoms with van der Waals surface area (Å²) in [6.07, 6.45) is 1.16. The van der Waals surface area contributed by atoms with Crippen LogP contribution in [-0.4, -0.2) is 66.2 Å². The largest absolute Gasteiger partial charge is 0.443 e. The van der Waals surface area contributed by atoms with Crippen LogP contribution in [0.2, 0.25) is 0 Å². The van der Waals surface area contributed by atoms with Crippen LogP contribution in [0.1, 0.15) is 46.5 Å². The molecule has 2 fully saturated rings. The first-order valence-electron chi connectivity index (χ1n) is 10.2. The van der Waals surface area contributed by atoms with Crippen LogP contribution in [-0.2, 0) is 9.47 Å². The summed E-state index contributed by atoms with van der Waals surface area (Å²) >= 11 is 1.37. The number of aromatic nitrogens is 2. The van der Waals surface area contributed by atoms with Crippen molar-refractivity contribution in [3.8, 4) is 0 Å². The average molecular weight is 445 g/mol. The van der Waals surface area contributed by atoms with E-state index in [9.17, 15) is 13.6 Å². The van der Waals surface area contributed by atoms with Crippen molar-refractivity contribution >= 4 is 29.5 Å². The van der Waals surface area contributed by atoms with Crippen LogP contribution in [0.25, 0.3) is 0 Å². The first-order chi connectivity index (χ1) is 14.1. The molecule has 1 amide bonds. The maximum Gasteiger partial charge on any atom is 0.416 e. The second-order valence-corrected chi connectivity index (χ2v) is 9.38. The van der Waals surface area contributed by atoms with Gasteiger partial charge in [-0.1, -0.05) is 11.8 Å². The van der Waals surface area contributed by atoms with Crippen molar-refractivity contribution in [3.05, 3.63) is 6.07 Å². The molecule has 0 unspecified atom stereocenters. The second kappa shape index (κ2) is 9.21. The first kappa shape index (κ1) is 23.0. The molecule has 3 rings (SSSR count). The van der Waals surface area contributed by atoms with Crippen molar-refractivity contribution < 1.29 is 23.0 Å². The van der Waals surface area contributed by atoms with Crippen LogP contribution < -0.4 is 9.80 Å². The van der Waals surface area contributed by atoms with Gasteiger partial charge in [0.25, 0.3) is 0 Å². The van der Waals surface area contributed by atoms with Gasteiger partial charge in [0.1, 0.15) is 17.2 Å². The summed E-state index contributed by atoms with van der Waals surface area (Å²) < 4.78 is 38.6. The predicted octanol–water partition coefficient (Wildman–Crippen LogP) is 4.35. The number of halogens is 2. The van der Waals surface area contributed by atoms with E-state index in [1.165, 1.54) is 16.7 Å². The molecular formula is C20H30F2N4O3S. The van der Waals surface area contributed by atoms with E-state index in [2.05, 4.69) is 14.9 Å². The van der Waals surface area contributed by atoms with Crippen LogP contribution in [0, 0.1) is 0 Å². The van der Waals surface area contributed by atoms with Gasteiger partial charge in [-0.3, -0.25) is 4.90 Å². The molecule has 0 aromatic carbocycles. The summed E-state index contributed by atoms with van der Waals surface area (Å²) in [6.45, 7) is 7.92. The van der Waals surface area contributed by atoms with E-state index < -0.39 is 23.7 Å². The van der Waals surface area contributed by atoms with E-state index in [-0.39, 0.29) is 25.7 Å². The molecule has 10 heteroatoms. The Kier molecular flexibility index (Phi) is 7.06. The van der Waals surface area contributed by atoms with Gasteiger partial charge in [0, 0.05) is 38.0 Å². The van der Waals surface area contributed by atoms with Gasteiger partial charge in [0.05, 0.1) is 13.2 Å². The highest BCUT2D eigenvalue weighted by Crippen LogP contribution is 2.37. The fourth-order valence-corrected chi connectivity index (χ4v) is 3.96. The predicted molar refractivity (Wildman–Crippen MR) is 113 cm³/mol. The van der Waals surface area contributed by atoms with Crippen LogP contribution >= 0.6 is 11.8 Å². The van der Waals surface area contributed by atoms with Gasteiger partial charge >= 0.3 is 6.09 Å². The highest BCUT2D eigenvalue weighted by Gasteiger charge is 2.40. The van der Waals surface area contributed by atoms with Crippen molar-refractivity contribution in [1.82, 2.24) is 9.97 Å².